The van der Waals surface area contributed by atoms with Gasteiger partial charge in [0.05, 0.1) is 24.8 Å². The molecule has 1 aromatic carbocycles. The van der Waals surface area contributed by atoms with Gasteiger partial charge in [-0.05, 0) is 38.3 Å². The molecule has 1 aromatic heterocycles. The van der Waals surface area contributed by atoms with Gasteiger partial charge in [0.15, 0.2) is 0 Å². The first-order valence-electron chi connectivity index (χ1n) is 10.0. The molecule has 2 amide bonds. The number of hydrogen-bond donors (Lipinski definition) is 1. The van der Waals surface area contributed by atoms with Crippen LogP contribution in [0.4, 0.5) is 20.0 Å². The maximum atomic E-state index is 15.2. The Morgan fingerprint density at radius 1 is 1.37 bits per heavy atom. The molecular formula is C20H24FN5O3S. The fraction of sp³-hybridized carbons (Fsp3) is 0.500. The maximum absolute atomic E-state index is 15.2. The zero-order valence-corrected chi connectivity index (χ0v) is 17.7. The second-order valence-corrected chi connectivity index (χ2v) is 8.73. The number of cyclic esters (lactones) is 1. The van der Waals surface area contributed by atoms with Crippen molar-refractivity contribution in [3.8, 4) is 0 Å². The fourth-order valence-electron chi connectivity index (χ4n) is 3.94. The molecule has 2 saturated heterocycles. The number of nitrogens with one attached hydrogen (secondary N) is 1. The third-order valence-electron chi connectivity index (χ3n) is 5.37. The van der Waals surface area contributed by atoms with Crippen LogP contribution in [-0.4, -0.2) is 47.9 Å². The fourth-order valence-corrected chi connectivity index (χ4v) is 4.70. The van der Waals surface area contributed by atoms with Gasteiger partial charge in [0.25, 0.3) is 0 Å². The van der Waals surface area contributed by atoms with Crippen LogP contribution in [0.3, 0.4) is 0 Å². The van der Waals surface area contributed by atoms with Crippen LogP contribution in [0.2, 0.25) is 0 Å². The molecular weight excluding hydrogens is 409 g/mol. The van der Waals surface area contributed by atoms with Crippen molar-refractivity contribution in [1.82, 2.24) is 15.5 Å². The highest BCUT2D eigenvalue weighted by atomic mass is 32.1. The van der Waals surface area contributed by atoms with Crippen molar-refractivity contribution in [2.24, 2.45) is 0 Å². The van der Waals surface area contributed by atoms with E-state index < -0.39 is 12.2 Å². The van der Waals surface area contributed by atoms with Crippen LogP contribution in [0.25, 0.3) is 0 Å². The molecule has 160 valence electrons. The summed E-state index contributed by atoms with van der Waals surface area (Å²) in [4.78, 5) is 26.8. The Kier molecular flexibility index (Phi) is 5.85. The van der Waals surface area contributed by atoms with Gasteiger partial charge < -0.3 is 15.0 Å². The lowest BCUT2D eigenvalue weighted by Gasteiger charge is -2.35. The summed E-state index contributed by atoms with van der Waals surface area (Å²) >= 11 is 1.51. The van der Waals surface area contributed by atoms with E-state index in [4.69, 9.17) is 4.74 Å². The number of aromatic nitrogens is 2. The number of benzene rings is 1. The summed E-state index contributed by atoms with van der Waals surface area (Å²) in [5, 5.41) is 12.7. The van der Waals surface area contributed by atoms with E-state index in [2.05, 4.69) is 20.4 Å². The Bertz CT molecular complexity index is 952. The Morgan fingerprint density at radius 3 is 2.90 bits per heavy atom. The number of aryl methyl sites for hydroxylation is 1. The number of amides is 2. The largest absolute Gasteiger partial charge is 0.442 e. The molecule has 0 radical (unpaired) electrons. The van der Waals surface area contributed by atoms with E-state index in [1.165, 1.54) is 29.2 Å². The Morgan fingerprint density at radius 2 is 2.20 bits per heavy atom. The summed E-state index contributed by atoms with van der Waals surface area (Å²) in [6.07, 6.45) is 1.88. The van der Waals surface area contributed by atoms with Crippen molar-refractivity contribution >= 4 is 34.2 Å². The molecule has 2 fully saturated rings. The average Bonchev–Trinajstić information content (AvgIpc) is 3.32. The molecule has 1 unspecified atom stereocenters. The van der Waals surface area contributed by atoms with Gasteiger partial charge >= 0.3 is 6.09 Å². The van der Waals surface area contributed by atoms with E-state index in [0.717, 1.165) is 35.9 Å². The number of anilines is 2. The van der Waals surface area contributed by atoms with Gasteiger partial charge in [-0.3, -0.25) is 9.69 Å². The summed E-state index contributed by atoms with van der Waals surface area (Å²) in [5.41, 5.74) is 1.04. The second kappa shape index (κ2) is 8.55. The van der Waals surface area contributed by atoms with E-state index >= 15 is 4.39 Å². The van der Waals surface area contributed by atoms with Gasteiger partial charge in [-0.15, -0.1) is 10.2 Å². The van der Waals surface area contributed by atoms with E-state index in [0.29, 0.717) is 11.3 Å². The third kappa shape index (κ3) is 4.23. The van der Waals surface area contributed by atoms with Gasteiger partial charge in [-0.2, -0.15) is 0 Å². The molecule has 30 heavy (non-hydrogen) atoms. The van der Waals surface area contributed by atoms with Crippen LogP contribution in [-0.2, 0) is 9.53 Å². The lowest BCUT2D eigenvalue weighted by molar-refractivity contribution is -0.119. The molecule has 2 aliphatic heterocycles. The van der Waals surface area contributed by atoms with Crippen LogP contribution in [0.15, 0.2) is 18.2 Å². The highest BCUT2D eigenvalue weighted by Crippen LogP contribution is 2.38. The van der Waals surface area contributed by atoms with Crippen LogP contribution in [0, 0.1) is 12.7 Å². The minimum absolute atomic E-state index is 0.113. The van der Waals surface area contributed by atoms with Crippen molar-refractivity contribution in [3.63, 3.8) is 0 Å². The number of ether oxygens (including phenoxy) is 1. The summed E-state index contributed by atoms with van der Waals surface area (Å²) in [6, 6.07) is 4.77. The Balaban J connectivity index is 1.53. The van der Waals surface area contributed by atoms with Crippen LogP contribution in [0.5, 0.6) is 0 Å². The number of nitrogens with zero attached hydrogens (tertiary/aromatic N) is 4. The standard InChI is InChI=1S/C20H24FN5O3S/c1-12(27)22-10-15-11-26(20(28)29-15)14-6-7-16(17(21)9-14)18-5-3-4-8-25(18)19-24-23-13(2)30-19/h6-7,9,15,18H,3-5,8,10-11H2,1-2H3,(H,22,27)/t15-,18?/m0/s1. The molecule has 10 heteroatoms. The van der Waals surface area contributed by atoms with E-state index in [1.807, 2.05) is 6.92 Å². The van der Waals surface area contributed by atoms with Crippen molar-refractivity contribution in [3.05, 3.63) is 34.6 Å². The first kappa shape index (κ1) is 20.5. The molecule has 3 heterocycles. The zero-order chi connectivity index (χ0) is 21.3. The monoisotopic (exact) mass is 433 g/mol. The molecule has 2 aliphatic rings. The van der Waals surface area contributed by atoms with Crippen molar-refractivity contribution in [2.45, 2.75) is 45.3 Å². The highest BCUT2D eigenvalue weighted by Gasteiger charge is 2.34. The molecule has 0 spiro atoms. The summed E-state index contributed by atoms with van der Waals surface area (Å²) in [7, 11) is 0. The first-order valence-corrected chi connectivity index (χ1v) is 10.8. The number of piperidine rings is 1. The molecule has 4 rings (SSSR count). The first-order chi connectivity index (χ1) is 14.4. The SMILES string of the molecule is CC(=O)NC[C@H]1CN(c2ccc(C3CCCCN3c3nnc(C)s3)c(F)c2)C(=O)O1. The lowest BCUT2D eigenvalue weighted by Crippen LogP contribution is -2.34. The number of hydrogen-bond acceptors (Lipinski definition) is 7. The predicted octanol–water partition coefficient (Wildman–Crippen LogP) is 3.18. The maximum Gasteiger partial charge on any atom is 0.414 e. The quantitative estimate of drug-likeness (QED) is 0.779. The van der Waals surface area contributed by atoms with E-state index in [-0.39, 0.29) is 30.9 Å². The summed E-state index contributed by atoms with van der Waals surface area (Å²) in [6.45, 7) is 4.61. The number of carbonyl (C=O) groups excluding carboxylic acids is 2. The minimum atomic E-state index is -0.541. The molecule has 0 bridgehead atoms. The Labute approximate surface area is 178 Å². The molecule has 2 atom stereocenters. The zero-order valence-electron chi connectivity index (χ0n) is 16.9. The molecule has 1 N–H and O–H groups in total. The van der Waals surface area contributed by atoms with Gasteiger partial charge in [-0.25, -0.2) is 9.18 Å². The van der Waals surface area contributed by atoms with Crippen molar-refractivity contribution < 1.29 is 18.7 Å². The lowest BCUT2D eigenvalue weighted by atomic mass is 9.95. The van der Waals surface area contributed by atoms with E-state index in [9.17, 15) is 9.59 Å². The topological polar surface area (TPSA) is 87.7 Å². The predicted molar refractivity (Wildman–Crippen MR) is 111 cm³/mol. The second-order valence-electron chi connectivity index (χ2n) is 7.57. The molecule has 8 nitrogen and oxygen atoms in total. The number of carbonyl (C=O) groups is 2. The van der Waals surface area contributed by atoms with E-state index in [1.54, 1.807) is 12.1 Å². The average molecular weight is 434 g/mol. The van der Waals surface area contributed by atoms with Gasteiger partial charge in [0.2, 0.25) is 11.0 Å². The van der Waals surface area contributed by atoms with Crippen LogP contribution >= 0.6 is 11.3 Å². The number of halogens is 1. The van der Waals surface area contributed by atoms with Gasteiger partial charge in [0.1, 0.15) is 16.9 Å². The minimum Gasteiger partial charge on any atom is -0.442 e. The normalized spacial score (nSPS) is 21.6. The number of rotatable bonds is 5. The van der Waals surface area contributed by atoms with Crippen LogP contribution < -0.4 is 15.1 Å². The van der Waals surface area contributed by atoms with Crippen molar-refractivity contribution in [2.75, 3.05) is 29.4 Å². The van der Waals surface area contributed by atoms with Crippen LogP contribution in [0.1, 0.15) is 42.8 Å². The van der Waals surface area contributed by atoms with Gasteiger partial charge in [0, 0.05) is 19.0 Å². The molecule has 2 aromatic rings. The summed E-state index contributed by atoms with van der Waals surface area (Å²) in [5.74, 6) is -0.550. The Hall–Kier alpha value is -2.75. The van der Waals surface area contributed by atoms with Crippen molar-refractivity contribution in [1.29, 1.82) is 0 Å². The third-order valence-corrected chi connectivity index (χ3v) is 6.25. The summed E-state index contributed by atoms with van der Waals surface area (Å²) < 4.78 is 20.4. The molecule has 0 saturated carbocycles. The molecule has 0 aliphatic carbocycles. The van der Waals surface area contributed by atoms with Gasteiger partial charge in [-0.1, -0.05) is 17.4 Å². The highest BCUT2D eigenvalue weighted by molar-refractivity contribution is 7.15. The smallest absolute Gasteiger partial charge is 0.414 e.